The molecule has 0 aliphatic heterocycles. The van der Waals surface area contributed by atoms with E-state index in [0.717, 1.165) is 6.54 Å². The predicted octanol–water partition coefficient (Wildman–Crippen LogP) is 0.517. The Kier molecular flexibility index (Phi) is 4.01. The molecule has 2 heterocycles. The molecule has 3 N–H and O–H groups in total. The smallest absolute Gasteiger partial charge is 0.270 e. The topological polar surface area (TPSA) is 108 Å². The van der Waals surface area contributed by atoms with Crippen LogP contribution in [-0.2, 0) is 0 Å². The monoisotopic (exact) mass is 261 g/mol. The van der Waals surface area contributed by atoms with E-state index in [1.165, 1.54) is 0 Å². The number of carbonyl (C=O) groups is 1. The summed E-state index contributed by atoms with van der Waals surface area (Å²) in [4.78, 5) is 16.2. The number of aromatic nitrogens is 5. The van der Waals surface area contributed by atoms with Gasteiger partial charge in [-0.2, -0.15) is 5.21 Å². The summed E-state index contributed by atoms with van der Waals surface area (Å²) in [6, 6.07) is 4.90. The van der Waals surface area contributed by atoms with Crippen molar-refractivity contribution in [3.63, 3.8) is 0 Å². The number of amides is 1. The van der Waals surface area contributed by atoms with E-state index in [1.54, 1.807) is 19.1 Å². The standard InChI is InChI=1S/C11H15N7O/c1-3-12-9-6-4-5-8(14-9)11(19)13-7(2)10-15-17-18-16-10/h4-7H,3H2,1-2H3,(H,12,14)(H,13,19)(H,15,16,17,18). The van der Waals surface area contributed by atoms with Gasteiger partial charge in [-0.05, 0) is 26.0 Å². The number of hydrogen-bond acceptors (Lipinski definition) is 6. The fourth-order valence-corrected chi connectivity index (χ4v) is 1.53. The Hall–Kier alpha value is -2.51. The Bertz CT molecular complexity index is 540. The summed E-state index contributed by atoms with van der Waals surface area (Å²) in [6.07, 6.45) is 0. The molecule has 1 atom stereocenters. The third-order valence-electron chi connectivity index (χ3n) is 2.44. The van der Waals surface area contributed by atoms with E-state index in [9.17, 15) is 4.79 Å². The fraction of sp³-hybridized carbons (Fsp3) is 0.364. The zero-order chi connectivity index (χ0) is 13.7. The molecule has 2 rings (SSSR count). The van der Waals surface area contributed by atoms with Crippen LogP contribution in [0.2, 0.25) is 0 Å². The van der Waals surface area contributed by atoms with Crippen LogP contribution in [0.1, 0.15) is 36.2 Å². The third kappa shape index (κ3) is 3.24. The highest BCUT2D eigenvalue weighted by Gasteiger charge is 2.15. The summed E-state index contributed by atoms with van der Waals surface area (Å²) in [5, 5.41) is 19.2. The first kappa shape index (κ1) is 12.9. The second-order valence-corrected chi connectivity index (χ2v) is 3.90. The maximum atomic E-state index is 12.0. The summed E-state index contributed by atoms with van der Waals surface area (Å²) >= 11 is 0. The Morgan fingerprint density at radius 2 is 2.32 bits per heavy atom. The average molecular weight is 261 g/mol. The first-order valence-electron chi connectivity index (χ1n) is 5.96. The van der Waals surface area contributed by atoms with Crippen LogP contribution in [0, 0.1) is 0 Å². The van der Waals surface area contributed by atoms with E-state index < -0.39 is 0 Å². The number of nitrogens with zero attached hydrogens (tertiary/aromatic N) is 4. The van der Waals surface area contributed by atoms with Crippen LogP contribution in [0.5, 0.6) is 0 Å². The van der Waals surface area contributed by atoms with Crippen LogP contribution >= 0.6 is 0 Å². The van der Waals surface area contributed by atoms with Gasteiger partial charge in [-0.1, -0.05) is 11.3 Å². The van der Waals surface area contributed by atoms with Gasteiger partial charge < -0.3 is 10.6 Å². The molecule has 0 aliphatic rings. The molecule has 0 saturated carbocycles. The maximum absolute atomic E-state index is 12.0. The number of anilines is 1. The molecule has 8 nitrogen and oxygen atoms in total. The molecular weight excluding hydrogens is 246 g/mol. The van der Waals surface area contributed by atoms with Gasteiger partial charge >= 0.3 is 0 Å². The van der Waals surface area contributed by atoms with Gasteiger partial charge in [0, 0.05) is 6.54 Å². The highest BCUT2D eigenvalue weighted by atomic mass is 16.1. The van der Waals surface area contributed by atoms with Crippen molar-refractivity contribution >= 4 is 11.7 Å². The minimum Gasteiger partial charge on any atom is -0.370 e. The lowest BCUT2D eigenvalue weighted by Gasteiger charge is -2.10. The van der Waals surface area contributed by atoms with Gasteiger partial charge in [-0.25, -0.2) is 4.98 Å². The Balaban J connectivity index is 2.05. The predicted molar refractivity (Wildman–Crippen MR) is 68.5 cm³/mol. The number of nitrogens with one attached hydrogen (secondary N) is 3. The van der Waals surface area contributed by atoms with E-state index in [1.807, 2.05) is 13.0 Å². The van der Waals surface area contributed by atoms with Gasteiger partial charge in [-0.3, -0.25) is 4.79 Å². The van der Waals surface area contributed by atoms with Gasteiger partial charge in [0.15, 0.2) is 5.82 Å². The van der Waals surface area contributed by atoms with Crippen molar-refractivity contribution in [2.45, 2.75) is 19.9 Å². The van der Waals surface area contributed by atoms with Gasteiger partial charge in [0.1, 0.15) is 11.5 Å². The zero-order valence-electron chi connectivity index (χ0n) is 10.7. The quantitative estimate of drug-likeness (QED) is 0.724. The molecule has 19 heavy (non-hydrogen) atoms. The van der Waals surface area contributed by atoms with Crippen LogP contribution in [-0.4, -0.2) is 38.1 Å². The van der Waals surface area contributed by atoms with Crippen LogP contribution in [0.15, 0.2) is 18.2 Å². The van der Waals surface area contributed by atoms with Crippen molar-refractivity contribution < 1.29 is 4.79 Å². The Morgan fingerprint density at radius 3 is 3.00 bits per heavy atom. The van der Waals surface area contributed by atoms with Gasteiger partial charge in [-0.15, -0.1) is 10.2 Å². The van der Waals surface area contributed by atoms with Crippen LogP contribution in [0.4, 0.5) is 5.82 Å². The summed E-state index contributed by atoms with van der Waals surface area (Å²) in [7, 11) is 0. The number of H-pyrrole nitrogens is 1. The number of pyridine rings is 1. The Morgan fingerprint density at radius 1 is 1.47 bits per heavy atom. The molecule has 0 radical (unpaired) electrons. The second kappa shape index (κ2) is 5.89. The molecule has 1 unspecified atom stereocenters. The first-order chi connectivity index (χ1) is 9.20. The molecule has 0 bridgehead atoms. The molecule has 0 spiro atoms. The number of rotatable bonds is 5. The molecule has 2 aromatic rings. The number of tetrazole rings is 1. The van der Waals surface area contributed by atoms with E-state index in [0.29, 0.717) is 17.3 Å². The largest absolute Gasteiger partial charge is 0.370 e. The molecular formula is C11H15N7O. The number of hydrogen-bond donors (Lipinski definition) is 3. The summed E-state index contributed by atoms with van der Waals surface area (Å²) < 4.78 is 0. The van der Waals surface area contributed by atoms with Crippen molar-refractivity contribution in [3.8, 4) is 0 Å². The third-order valence-corrected chi connectivity index (χ3v) is 2.44. The SMILES string of the molecule is CCNc1cccc(C(=O)NC(C)c2nn[nH]n2)n1. The van der Waals surface area contributed by atoms with Gasteiger partial charge in [0.2, 0.25) is 0 Å². The fourth-order valence-electron chi connectivity index (χ4n) is 1.53. The van der Waals surface area contributed by atoms with Crippen molar-refractivity contribution in [1.82, 2.24) is 30.9 Å². The number of aromatic amines is 1. The lowest BCUT2D eigenvalue weighted by atomic mass is 10.2. The van der Waals surface area contributed by atoms with E-state index in [2.05, 4.69) is 36.2 Å². The minimum absolute atomic E-state index is 0.281. The highest BCUT2D eigenvalue weighted by Crippen LogP contribution is 2.08. The minimum atomic E-state index is -0.337. The summed E-state index contributed by atoms with van der Waals surface area (Å²) in [6.45, 7) is 4.49. The van der Waals surface area contributed by atoms with Crippen molar-refractivity contribution in [1.29, 1.82) is 0 Å². The molecule has 1 amide bonds. The van der Waals surface area contributed by atoms with E-state index >= 15 is 0 Å². The van der Waals surface area contributed by atoms with E-state index in [4.69, 9.17) is 0 Å². The highest BCUT2D eigenvalue weighted by molar-refractivity contribution is 5.92. The molecule has 0 aliphatic carbocycles. The second-order valence-electron chi connectivity index (χ2n) is 3.90. The normalized spacial score (nSPS) is 11.9. The zero-order valence-corrected chi connectivity index (χ0v) is 10.7. The lowest BCUT2D eigenvalue weighted by molar-refractivity contribution is 0.0933. The lowest BCUT2D eigenvalue weighted by Crippen LogP contribution is -2.28. The van der Waals surface area contributed by atoms with Crippen molar-refractivity contribution in [2.24, 2.45) is 0 Å². The molecule has 0 aromatic carbocycles. The average Bonchev–Trinajstić information content (AvgIpc) is 2.93. The van der Waals surface area contributed by atoms with Crippen molar-refractivity contribution in [2.75, 3.05) is 11.9 Å². The van der Waals surface area contributed by atoms with Crippen LogP contribution in [0.25, 0.3) is 0 Å². The van der Waals surface area contributed by atoms with E-state index in [-0.39, 0.29) is 11.9 Å². The maximum Gasteiger partial charge on any atom is 0.270 e. The van der Waals surface area contributed by atoms with Gasteiger partial charge in [0.25, 0.3) is 5.91 Å². The molecule has 0 saturated heterocycles. The Labute approximate surface area is 110 Å². The summed E-state index contributed by atoms with van der Waals surface area (Å²) in [5.74, 6) is 0.815. The van der Waals surface area contributed by atoms with Crippen LogP contribution < -0.4 is 10.6 Å². The van der Waals surface area contributed by atoms with Crippen LogP contribution in [0.3, 0.4) is 0 Å². The molecule has 2 aromatic heterocycles. The van der Waals surface area contributed by atoms with Crippen molar-refractivity contribution in [3.05, 3.63) is 29.7 Å². The first-order valence-corrected chi connectivity index (χ1v) is 5.96. The summed E-state index contributed by atoms with van der Waals surface area (Å²) in [5.41, 5.74) is 0.341. The number of carbonyl (C=O) groups excluding carboxylic acids is 1. The molecule has 100 valence electrons. The van der Waals surface area contributed by atoms with Gasteiger partial charge in [0.05, 0.1) is 6.04 Å². The molecule has 0 fully saturated rings. The molecule has 8 heteroatoms.